The smallest absolute Gasteiger partial charge is 0.191 e. The minimum Gasteiger partial charge on any atom is -0.356 e. The van der Waals surface area contributed by atoms with Gasteiger partial charge in [-0.2, -0.15) is 5.10 Å². The Morgan fingerprint density at radius 2 is 1.92 bits per heavy atom. The largest absolute Gasteiger partial charge is 0.356 e. The van der Waals surface area contributed by atoms with E-state index in [1.807, 2.05) is 6.92 Å². The first-order valence-corrected chi connectivity index (χ1v) is 9.16. The average molecular weight is 357 g/mol. The van der Waals surface area contributed by atoms with Gasteiger partial charge in [-0.15, -0.1) is 0 Å². The Morgan fingerprint density at radius 1 is 1.15 bits per heavy atom. The van der Waals surface area contributed by atoms with Crippen LogP contribution in [0.4, 0.5) is 0 Å². The topological polar surface area (TPSA) is 57.5 Å². The number of aliphatic imine (C=N–C) groups is 1. The highest BCUT2D eigenvalue weighted by atomic mass is 15.3. The number of hydrogen-bond donors (Lipinski definition) is 2. The predicted molar refractivity (Wildman–Crippen MR) is 108 cm³/mol. The third kappa shape index (κ3) is 6.52. The van der Waals surface area contributed by atoms with Gasteiger partial charge in [-0.05, 0) is 51.6 Å². The normalized spacial score (nSPS) is 11.8. The first kappa shape index (κ1) is 20.0. The first-order valence-electron chi connectivity index (χ1n) is 9.16. The van der Waals surface area contributed by atoms with Crippen molar-refractivity contribution < 1.29 is 0 Å². The maximum Gasteiger partial charge on any atom is 0.191 e. The summed E-state index contributed by atoms with van der Waals surface area (Å²) in [6, 6.07) is 10.8. The zero-order valence-corrected chi connectivity index (χ0v) is 16.7. The van der Waals surface area contributed by atoms with Gasteiger partial charge in [0.1, 0.15) is 0 Å². The molecule has 0 bridgehead atoms. The highest BCUT2D eigenvalue weighted by Crippen LogP contribution is 2.07. The number of aromatic nitrogens is 2. The number of hydrogen-bond acceptors (Lipinski definition) is 3. The van der Waals surface area contributed by atoms with Crippen LogP contribution in [0.5, 0.6) is 0 Å². The molecule has 0 aliphatic carbocycles. The summed E-state index contributed by atoms with van der Waals surface area (Å²) in [5.41, 5.74) is 4.86. The lowest BCUT2D eigenvalue weighted by Gasteiger charge is -2.14. The molecule has 0 saturated heterocycles. The fourth-order valence-electron chi connectivity index (χ4n) is 2.95. The summed E-state index contributed by atoms with van der Waals surface area (Å²) in [6.45, 7) is 7.61. The third-order valence-corrected chi connectivity index (χ3v) is 4.12. The molecule has 0 atom stereocenters. The quantitative estimate of drug-likeness (QED) is 0.433. The van der Waals surface area contributed by atoms with E-state index in [1.54, 1.807) is 7.05 Å². The van der Waals surface area contributed by atoms with Gasteiger partial charge in [-0.25, -0.2) is 0 Å². The first-order chi connectivity index (χ1) is 12.5. The summed E-state index contributed by atoms with van der Waals surface area (Å²) in [6.07, 6.45) is 1.00. The zero-order valence-electron chi connectivity index (χ0n) is 16.7. The van der Waals surface area contributed by atoms with Crippen LogP contribution in [0.15, 0.2) is 35.3 Å². The fourth-order valence-corrected chi connectivity index (χ4v) is 2.95. The molecule has 0 unspecified atom stereocenters. The van der Waals surface area contributed by atoms with Crippen LogP contribution in [-0.4, -0.2) is 48.3 Å². The van der Waals surface area contributed by atoms with Crippen molar-refractivity contribution in [2.24, 2.45) is 4.99 Å². The SMILES string of the molecule is CN=C(NCCCn1nc(C)cc1C)NCc1cccc(CN(C)C)c1. The minimum atomic E-state index is 0.762. The lowest BCUT2D eigenvalue weighted by molar-refractivity contribution is 0.402. The van der Waals surface area contributed by atoms with E-state index in [4.69, 9.17) is 0 Å². The number of nitrogens with zero attached hydrogens (tertiary/aromatic N) is 4. The molecule has 142 valence electrons. The summed E-state index contributed by atoms with van der Waals surface area (Å²) >= 11 is 0. The molecular formula is C20H32N6. The van der Waals surface area contributed by atoms with E-state index in [9.17, 15) is 0 Å². The molecular weight excluding hydrogens is 324 g/mol. The number of guanidine groups is 1. The van der Waals surface area contributed by atoms with E-state index in [2.05, 4.69) is 81.7 Å². The maximum absolute atomic E-state index is 4.49. The van der Waals surface area contributed by atoms with Gasteiger partial charge < -0.3 is 15.5 Å². The molecule has 0 aliphatic rings. The van der Waals surface area contributed by atoms with Gasteiger partial charge in [0.05, 0.1) is 5.69 Å². The summed E-state index contributed by atoms with van der Waals surface area (Å²) in [5, 5.41) is 11.2. The molecule has 1 aromatic heterocycles. The molecule has 2 N–H and O–H groups in total. The Hall–Kier alpha value is -2.34. The Bertz CT molecular complexity index is 717. The second-order valence-corrected chi connectivity index (χ2v) is 6.91. The molecule has 0 amide bonds. The monoisotopic (exact) mass is 356 g/mol. The van der Waals surface area contributed by atoms with Gasteiger partial charge in [0.2, 0.25) is 0 Å². The van der Waals surface area contributed by atoms with Gasteiger partial charge in [0, 0.05) is 38.9 Å². The number of benzene rings is 1. The van der Waals surface area contributed by atoms with E-state index in [1.165, 1.54) is 16.8 Å². The molecule has 0 fully saturated rings. The van der Waals surface area contributed by atoms with Crippen molar-refractivity contribution in [2.45, 2.75) is 39.9 Å². The summed E-state index contributed by atoms with van der Waals surface area (Å²) < 4.78 is 2.06. The molecule has 0 radical (unpaired) electrons. The number of rotatable bonds is 8. The van der Waals surface area contributed by atoms with E-state index in [0.717, 1.165) is 44.3 Å². The molecule has 6 heteroatoms. The second-order valence-electron chi connectivity index (χ2n) is 6.91. The second kappa shape index (κ2) is 9.97. The molecule has 0 spiro atoms. The molecule has 1 heterocycles. The van der Waals surface area contributed by atoms with Gasteiger partial charge in [-0.3, -0.25) is 9.67 Å². The molecule has 26 heavy (non-hydrogen) atoms. The van der Waals surface area contributed by atoms with Crippen molar-refractivity contribution in [3.8, 4) is 0 Å². The average Bonchev–Trinajstić information content (AvgIpc) is 2.91. The summed E-state index contributed by atoms with van der Waals surface area (Å²) in [7, 11) is 5.98. The zero-order chi connectivity index (χ0) is 18.9. The molecule has 1 aromatic carbocycles. The third-order valence-electron chi connectivity index (χ3n) is 4.12. The Morgan fingerprint density at radius 3 is 2.58 bits per heavy atom. The minimum absolute atomic E-state index is 0.762. The van der Waals surface area contributed by atoms with Crippen molar-refractivity contribution in [2.75, 3.05) is 27.7 Å². The highest BCUT2D eigenvalue weighted by Gasteiger charge is 2.02. The van der Waals surface area contributed by atoms with Crippen LogP contribution in [0.3, 0.4) is 0 Å². The van der Waals surface area contributed by atoms with E-state index < -0.39 is 0 Å². The van der Waals surface area contributed by atoms with Crippen molar-refractivity contribution in [3.05, 3.63) is 52.8 Å². The van der Waals surface area contributed by atoms with Crippen molar-refractivity contribution in [1.29, 1.82) is 0 Å². The molecule has 2 aromatic rings. The van der Waals surface area contributed by atoms with Gasteiger partial charge in [0.15, 0.2) is 5.96 Å². The Kier molecular flexibility index (Phi) is 7.66. The van der Waals surface area contributed by atoms with E-state index >= 15 is 0 Å². The van der Waals surface area contributed by atoms with Gasteiger partial charge in [-0.1, -0.05) is 24.3 Å². The highest BCUT2D eigenvalue weighted by molar-refractivity contribution is 5.79. The Labute approximate surface area is 157 Å². The van der Waals surface area contributed by atoms with Crippen LogP contribution in [0.1, 0.15) is 28.9 Å². The molecule has 6 nitrogen and oxygen atoms in total. The lowest BCUT2D eigenvalue weighted by atomic mass is 10.1. The Balaban J connectivity index is 1.75. The molecule has 0 saturated carbocycles. The standard InChI is InChI=1S/C20H32N6/c1-16-12-17(2)26(24-16)11-7-10-22-20(21-3)23-14-18-8-6-9-19(13-18)15-25(4)5/h6,8-9,12-13H,7,10-11,14-15H2,1-5H3,(H2,21,22,23). The van der Waals surface area contributed by atoms with Crippen molar-refractivity contribution in [1.82, 2.24) is 25.3 Å². The van der Waals surface area contributed by atoms with E-state index in [-0.39, 0.29) is 0 Å². The van der Waals surface area contributed by atoms with Crippen LogP contribution < -0.4 is 10.6 Å². The summed E-state index contributed by atoms with van der Waals surface area (Å²) in [4.78, 5) is 6.48. The fraction of sp³-hybridized carbons (Fsp3) is 0.500. The predicted octanol–water partition coefficient (Wildman–Crippen LogP) is 2.32. The summed E-state index contributed by atoms with van der Waals surface area (Å²) in [5.74, 6) is 0.830. The van der Waals surface area contributed by atoms with Crippen LogP contribution in [-0.2, 0) is 19.6 Å². The number of aryl methyl sites for hydroxylation is 3. The maximum atomic E-state index is 4.49. The van der Waals surface area contributed by atoms with E-state index in [0.29, 0.717) is 0 Å². The van der Waals surface area contributed by atoms with Gasteiger partial charge >= 0.3 is 0 Å². The molecule has 2 rings (SSSR count). The number of nitrogens with one attached hydrogen (secondary N) is 2. The van der Waals surface area contributed by atoms with Crippen LogP contribution in [0, 0.1) is 13.8 Å². The van der Waals surface area contributed by atoms with Crippen LogP contribution in [0.2, 0.25) is 0 Å². The molecule has 0 aliphatic heterocycles. The van der Waals surface area contributed by atoms with Crippen molar-refractivity contribution >= 4 is 5.96 Å². The van der Waals surface area contributed by atoms with Crippen LogP contribution >= 0.6 is 0 Å². The lowest BCUT2D eigenvalue weighted by Crippen LogP contribution is -2.37. The van der Waals surface area contributed by atoms with Crippen molar-refractivity contribution in [3.63, 3.8) is 0 Å². The van der Waals surface area contributed by atoms with Crippen LogP contribution in [0.25, 0.3) is 0 Å². The van der Waals surface area contributed by atoms with Gasteiger partial charge in [0.25, 0.3) is 0 Å².